The fourth-order valence-electron chi connectivity index (χ4n) is 6.45. The van der Waals surface area contributed by atoms with E-state index in [1.165, 1.54) is 18.4 Å². The second-order valence-corrected chi connectivity index (χ2v) is 11.1. The third kappa shape index (κ3) is 5.44. The van der Waals surface area contributed by atoms with Gasteiger partial charge < -0.3 is 20.0 Å². The highest BCUT2D eigenvalue weighted by atomic mass is 16.2. The van der Waals surface area contributed by atoms with Crippen molar-refractivity contribution in [3.8, 4) is 0 Å². The fourth-order valence-corrected chi connectivity index (χ4v) is 6.45. The molecule has 3 fully saturated rings. The van der Waals surface area contributed by atoms with E-state index >= 15 is 0 Å². The summed E-state index contributed by atoms with van der Waals surface area (Å²) in [5.41, 5.74) is 2.97. The van der Waals surface area contributed by atoms with Gasteiger partial charge in [-0.3, -0.25) is 9.59 Å². The molecule has 6 heteroatoms. The fraction of sp³-hybridized carbons (Fsp3) is 0.533. The predicted octanol–water partition coefficient (Wildman–Crippen LogP) is 4.19. The Bertz CT molecular complexity index is 1040. The standard InChI is InChI=1S/C30H40N4O2/c1-32(2)28-15-9-8-14-26(28)30(36)34-20-24-18-33(19-25(24)21-34)17-16-27(22-10-4-3-5-11-22)31-29(35)23-12-6-7-13-23/h3-5,8-11,14-15,23-25,27H,6-7,12-13,16-21H2,1-2H3,(H,31,35)/t24-,25?,27?/m0/s1. The Morgan fingerprint density at radius 3 is 2.22 bits per heavy atom. The van der Waals surface area contributed by atoms with Gasteiger partial charge in [0.1, 0.15) is 0 Å². The maximum atomic E-state index is 13.3. The molecule has 1 N–H and O–H groups in total. The van der Waals surface area contributed by atoms with Crippen LogP contribution < -0.4 is 10.2 Å². The van der Waals surface area contributed by atoms with Crippen molar-refractivity contribution >= 4 is 17.5 Å². The Kier molecular flexibility index (Phi) is 7.61. The zero-order valence-corrected chi connectivity index (χ0v) is 21.7. The van der Waals surface area contributed by atoms with E-state index < -0.39 is 0 Å². The predicted molar refractivity (Wildman–Crippen MR) is 144 cm³/mol. The number of carbonyl (C=O) groups is 2. The number of nitrogens with one attached hydrogen (secondary N) is 1. The Morgan fingerprint density at radius 1 is 0.917 bits per heavy atom. The first-order valence-electron chi connectivity index (χ1n) is 13.6. The summed E-state index contributed by atoms with van der Waals surface area (Å²) in [5, 5.41) is 3.38. The van der Waals surface area contributed by atoms with Crippen molar-refractivity contribution in [1.82, 2.24) is 15.1 Å². The van der Waals surface area contributed by atoms with Crippen LogP contribution in [0.5, 0.6) is 0 Å². The van der Waals surface area contributed by atoms with Crippen LogP contribution in [0, 0.1) is 17.8 Å². The van der Waals surface area contributed by atoms with Gasteiger partial charge in [-0.2, -0.15) is 0 Å². The largest absolute Gasteiger partial charge is 0.377 e. The molecule has 6 nitrogen and oxygen atoms in total. The molecule has 2 saturated heterocycles. The number of anilines is 1. The molecule has 2 unspecified atom stereocenters. The summed E-state index contributed by atoms with van der Waals surface area (Å²) >= 11 is 0. The van der Waals surface area contributed by atoms with E-state index in [-0.39, 0.29) is 23.8 Å². The van der Waals surface area contributed by atoms with Crippen LogP contribution in [0.2, 0.25) is 0 Å². The van der Waals surface area contributed by atoms with Crippen LogP contribution in [0.25, 0.3) is 0 Å². The molecule has 2 aliphatic heterocycles. The summed E-state index contributed by atoms with van der Waals surface area (Å²) in [6.07, 6.45) is 5.31. The van der Waals surface area contributed by atoms with Crippen molar-refractivity contribution in [1.29, 1.82) is 0 Å². The van der Waals surface area contributed by atoms with E-state index in [1.807, 2.05) is 49.3 Å². The molecular formula is C30H40N4O2. The second-order valence-electron chi connectivity index (χ2n) is 11.1. The number of hydrogen-bond donors (Lipinski definition) is 1. The maximum Gasteiger partial charge on any atom is 0.255 e. The van der Waals surface area contributed by atoms with Gasteiger partial charge in [-0.15, -0.1) is 0 Å². The first-order chi connectivity index (χ1) is 17.5. The molecule has 0 bridgehead atoms. The van der Waals surface area contributed by atoms with E-state index in [4.69, 9.17) is 0 Å². The van der Waals surface area contributed by atoms with E-state index in [1.54, 1.807) is 0 Å². The van der Waals surface area contributed by atoms with Crippen molar-refractivity contribution in [3.63, 3.8) is 0 Å². The molecule has 3 aliphatic rings. The molecule has 36 heavy (non-hydrogen) atoms. The van der Waals surface area contributed by atoms with Crippen LogP contribution in [-0.2, 0) is 4.79 Å². The molecule has 0 radical (unpaired) electrons. The molecule has 1 aliphatic carbocycles. The third-order valence-electron chi connectivity index (χ3n) is 8.44. The highest BCUT2D eigenvalue weighted by Gasteiger charge is 2.42. The molecule has 192 valence electrons. The number of benzene rings is 2. The molecule has 1 saturated carbocycles. The van der Waals surface area contributed by atoms with Gasteiger partial charge in [0.15, 0.2) is 0 Å². The molecule has 3 atom stereocenters. The number of carbonyl (C=O) groups excluding carboxylic acids is 2. The van der Waals surface area contributed by atoms with Crippen molar-refractivity contribution in [2.24, 2.45) is 17.8 Å². The summed E-state index contributed by atoms with van der Waals surface area (Å²) in [7, 11) is 3.98. The van der Waals surface area contributed by atoms with Gasteiger partial charge >= 0.3 is 0 Å². The smallest absolute Gasteiger partial charge is 0.255 e. The van der Waals surface area contributed by atoms with Gasteiger partial charge in [0.25, 0.3) is 5.91 Å². The number of nitrogens with zero attached hydrogens (tertiary/aromatic N) is 3. The van der Waals surface area contributed by atoms with Crippen molar-refractivity contribution in [3.05, 3.63) is 65.7 Å². The average molecular weight is 489 g/mol. The van der Waals surface area contributed by atoms with Crippen molar-refractivity contribution in [2.75, 3.05) is 51.7 Å². The lowest BCUT2D eigenvalue weighted by atomic mass is 10.0. The topological polar surface area (TPSA) is 55.9 Å². The van der Waals surface area contributed by atoms with Gasteiger partial charge in [0.05, 0.1) is 11.6 Å². The lowest BCUT2D eigenvalue weighted by molar-refractivity contribution is -0.125. The highest BCUT2D eigenvalue weighted by molar-refractivity contribution is 6.00. The summed E-state index contributed by atoms with van der Waals surface area (Å²) < 4.78 is 0. The monoisotopic (exact) mass is 488 g/mol. The Labute approximate surface area is 215 Å². The first kappa shape index (κ1) is 24.8. The Hall–Kier alpha value is -2.86. The zero-order chi connectivity index (χ0) is 25.1. The number of hydrogen-bond acceptors (Lipinski definition) is 4. The number of fused-ring (bicyclic) bond motifs is 1. The molecule has 0 aromatic heterocycles. The third-order valence-corrected chi connectivity index (χ3v) is 8.44. The summed E-state index contributed by atoms with van der Waals surface area (Å²) in [6, 6.07) is 18.4. The Balaban J connectivity index is 1.16. The summed E-state index contributed by atoms with van der Waals surface area (Å²) in [5.74, 6) is 1.63. The van der Waals surface area contributed by atoms with Crippen LogP contribution in [0.15, 0.2) is 54.6 Å². The average Bonchev–Trinajstić information content (AvgIpc) is 3.64. The molecule has 2 heterocycles. The normalized spacial score (nSPS) is 23.0. The molecule has 5 rings (SSSR count). The van der Waals surface area contributed by atoms with Gasteiger partial charge in [0, 0.05) is 58.4 Å². The van der Waals surface area contributed by atoms with Crippen LogP contribution in [0.3, 0.4) is 0 Å². The number of rotatable bonds is 8. The molecule has 2 aromatic carbocycles. The number of para-hydroxylation sites is 1. The summed E-state index contributed by atoms with van der Waals surface area (Å²) in [6.45, 7) is 4.70. The maximum absolute atomic E-state index is 13.3. The quantitative estimate of drug-likeness (QED) is 0.605. The minimum absolute atomic E-state index is 0.0559. The van der Waals surface area contributed by atoms with Gasteiger partial charge in [0.2, 0.25) is 5.91 Å². The van der Waals surface area contributed by atoms with Gasteiger partial charge in [-0.1, -0.05) is 55.3 Å². The Morgan fingerprint density at radius 2 is 1.56 bits per heavy atom. The first-order valence-corrected chi connectivity index (χ1v) is 13.6. The number of amides is 2. The lowest BCUT2D eigenvalue weighted by Gasteiger charge is -2.26. The van der Waals surface area contributed by atoms with Gasteiger partial charge in [-0.05, 0) is 48.8 Å². The second kappa shape index (κ2) is 11.0. The van der Waals surface area contributed by atoms with E-state index in [9.17, 15) is 9.59 Å². The van der Waals surface area contributed by atoms with E-state index in [0.29, 0.717) is 11.8 Å². The van der Waals surface area contributed by atoms with Gasteiger partial charge in [-0.25, -0.2) is 0 Å². The van der Waals surface area contributed by atoms with E-state index in [0.717, 1.165) is 63.2 Å². The minimum Gasteiger partial charge on any atom is -0.377 e. The molecular weight excluding hydrogens is 448 g/mol. The zero-order valence-electron chi connectivity index (χ0n) is 21.7. The molecule has 0 spiro atoms. The summed E-state index contributed by atoms with van der Waals surface area (Å²) in [4.78, 5) is 32.8. The molecule has 2 aromatic rings. The van der Waals surface area contributed by atoms with Crippen LogP contribution in [-0.4, -0.2) is 68.4 Å². The van der Waals surface area contributed by atoms with Crippen LogP contribution in [0.4, 0.5) is 5.69 Å². The number of likely N-dealkylation sites (tertiary alicyclic amines) is 2. The molecule has 2 amide bonds. The van der Waals surface area contributed by atoms with Crippen LogP contribution in [0.1, 0.15) is 54.1 Å². The van der Waals surface area contributed by atoms with Crippen molar-refractivity contribution < 1.29 is 9.59 Å². The van der Waals surface area contributed by atoms with Crippen LogP contribution >= 0.6 is 0 Å². The van der Waals surface area contributed by atoms with E-state index in [2.05, 4.69) is 39.4 Å². The minimum atomic E-state index is 0.0559. The SMILES string of the molecule is CN(C)c1ccccc1C(=O)N1CC2CN(CCC(NC(=O)C3CCCC3)c3ccccc3)C[C@H]2C1. The lowest BCUT2D eigenvalue weighted by Crippen LogP contribution is -2.37. The highest BCUT2D eigenvalue weighted by Crippen LogP contribution is 2.34. The van der Waals surface area contributed by atoms with Crippen molar-refractivity contribution in [2.45, 2.75) is 38.1 Å².